The molecule has 1 aromatic heterocycles. The van der Waals surface area contributed by atoms with Gasteiger partial charge < -0.3 is 5.11 Å². The highest BCUT2D eigenvalue weighted by Gasteiger charge is 2.17. The third-order valence-electron chi connectivity index (χ3n) is 1.94. The lowest BCUT2D eigenvalue weighted by Crippen LogP contribution is -2.00. The molecule has 0 saturated heterocycles. The zero-order valence-corrected chi connectivity index (χ0v) is 10.6. The van der Waals surface area contributed by atoms with Crippen molar-refractivity contribution >= 4 is 29.3 Å². The van der Waals surface area contributed by atoms with Gasteiger partial charge in [-0.25, -0.2) is 18.6 Å². The van der Waals surface area contributed by atoms with E-state index in [4.69, 9.17) is 5.11 Å². The highest BCUT2D eigenvalue weighted by molar-refractivity contribution is 8.01. The lowest BCUT2D eigenvalue weighted by Gasteiger charge is -2.03. The van der Waals surface area contributed by atoms with E-state index < -0.39 is 23.2 Å². The van der Waals surface area contributed by atoms with Crippen LogP contribution in [-0.4, -0.2) is 20.4 Å². The van der Waals surface area contributed by atoms with Crippen LogP contribution in [0.2, 0.25) is 0 Å². The topological polar surface area (TPSA) is 63.1 Å². The molecular formula is C10H6F2N2O2S2. The Balaban J connectivity index is 2.37. The fourth-order valence-electron chi connectivity index (χ4n) is 1.19. The Morgan fingerprint density at radius 2 is 2.00 bits per heavy atom. The van der Waals surface area contributed by atoms with Crippen LogP contribution in [0.25, 0.3) is 0 Å². The van der Waals surface area contributed by atoms with Crippen molar-refractivity contribution in [2.75, 3.05) is 0 Å². The van der Waals surface area contributed by atoms with Gasteiger partial charge in [-0.1, -0.05) is 11.8 Å². The van der Waals surface area contributed by atoms with Crippen LogP contribution in [0.3, 0.4) is 0 Å². The predicted molar refractivity (Wildman–Crippen MR) is 62.1 cm³/mol. The van der Waals surface area contributed by atoms with Gasteiger partial charge in [0.05, 0.1) is 10.5 Å². The number of nitrogens with zero attached hydrogens (tertiary/aromatic N) is 2. The van der Waals surface area contributed by atoms with Crippen LogP contribution in [0.15, 0.2) is 21.4 Å². The molecule has 18 heavy (non-hydrogen) atoms. The van der Waals surface area contributed by atoms with E-state index in [0.717, 1.165) is 35.4 Å². The Labute approximate surface area is 109 Å². The SMILES string of the molecule is Cc1nsc(Sc2c(F)cc(C(=O)O)cc2F)n1. The predicted octanol–water partition coefficient (Wildman–Crippen LogP) is 2.97. The Hall–Kier alpha value is -1.54. The maximum atomic E-state index is 13.6. The lowest BCUT2D eigenvalue weighted by molar-refractivity contribution is 0.0695. The molecule has 4 nitrogen and oxygen atoms in total. The second kappa shape index (κ2) is 4.99. The number of hydrogen-bond acceptors (Lipinski definition) is 5. The Morgan fingerprint density at radius 1 is 1.39 bits per heavy atom. The highest BCUT2D eigenvalue weighted by atomic mass is 32.2. The third-order valence-corrected chi connectivity index (χ3v) is 3.88. The number of rotatable bonds is 3. The summed E-state index contributed by atoms with van der Waals surface area (Å²) in [5, 5.41) is 8.66. The van der Waals surface area contributed by atoms with Crippen LogP contribution in [0.1, 0.15) is 16.2 Å². The van der Waals surface area contributed by atoms with Gasteiger partial charge in [0.1, 0.15) is 17.5 Å². The van der Waals surface area contributed by atoms with Gasteiger partial charge in [-0.15, -0.1) is 0 Å². The molecule has 0 unspecified atom stereocenters. The first-order valence-electron chi connectivity index (χ1n) is 4.68. The molecule has 2 aromatic rings. The van der Waals surface area contributed by atoms with E-state index in [1.807, 2.05) is 0 Å². The molecule has 94 valence electrons. The molecule has 0 aliphatic rings. The molecule has 8 heteroatoms. The molecule has 0 saturated carbocycles. The van der Waals surface area contributed by atoms with Gasteiger partial charge in [-0.05, 0) is 30.6 Å². The first-order valence-corrected chi connectivity index (χ1v) is 6.27. The normalized spacial score (nSPS) is 10.6. The first kappa shape index (κ1) is 12.9. The summed E-state index contributed by atoms with van der Waals surface area (Å²) >= 11 is 1.81. The monoisotopic (exact) mass is 288 g/mol. The quantitative estimate of drug-likeness (QED) is 0.940. The van der Waals surface area contributed by atoms with Crippen LogP contribution >= 0.6 is 23.3 Å². The summed E-state index contributed by atoms with van der Waals surface area (Å²) in [7, 11) is 0. The molecule has 0 radical (unpaired) electrons. The number of hydrogen-bond donors (Lipinski definition) is 1. The fourth-order valence-corrected chi connectivity index (χ4v) is 2.79. The van der Waals surface area contributed by atoms with Crippen molar-refractivity contribution in [3.05, 3.63) is 35.2 Å². The van der Waals surface area contributed by atoms with Crippen molar-refractivity contribution in [2.24, 2.45) is 0 Å². The Bertz CT molecular complexity index is 593. The van der Waals surface area contributed by atoms with Gasteiger partial charge in [-0.3, -0.25) is 0 Å². The number of carboxylic acid groups (broad SMARTS) is 1. The minimum atomic E-state index is -1.38. The van der Waals surface area contributed by atoms with Crippen LogP contribution in [0, 0.1) is 18.6 Å². The molecule has 0 spiro atoms. The standard InChI is InChI=1S/C10H6F2N2O2S2/c1-4-13-10(18-14-4)17-8-6(11)2-5(9(15)16)3-7(8)12/h2-3H,1H3,(H,15,16). The number of aromatic nitrogens is 2. The van der Waals surface area contributed by atoms with Crippen LogP contribution in [0.5, 0.6) is 0 Å². The van der Waals surface area contributed by atoms with Crippen molar-refractivity contribution in [3.63, 3.8) is 0 Å². The zero-order valence-electron chi connectivity index (χ0n) is 8.98. The lowest BCUT2D eigenvalue weighted by atomic mass is 10.2. The third kappa shape index (κ3) is 2.65. The minimum Gasteiger partial charge on any atom is -0.478 e. The van der Waals surface area contributed by atoms with Crippen LogP contribution < -0.4 is 0 Å². The molecule has 1 aromatic carbocycles. The van der Waals surface area contributed by atoms with E-state index in [2.05, 4.69) is 9.36 Å². The number of benzene rings is 1. The molecule has 0 atom stereocenters. The van der Waals surface area contributed by atoms with E-state index >= 15 is 0 Å². The van der Waals surface area contributed by atoms with Gasteiger partial charge in [-0.2, -0.15) is 4.37 Å². The second-order valence-corrected chi connectivity index (χ2v) is 5.29. The summed E-state index contributed by atoms with van der Waals surface area (Å²) in [6.07, 6.45) is 0. The number of aromatic carboxylic acids is 1. The fraction of sp³-hybridized carbons (Fsp3) is 0.100. The molecule has 0 aliphatic carbocycles. The molecule has 1 N–H and O–H groups in total. The van der Waals surface area contributed by atoms with Crippen molar-refractivity contribution in [3.8, 4) is 0 Å². The largest absolute Gasteiger partial charge is 0.478 e. The van der Waals surface area contributed by atoms with E-state index in [-0.39, 0.29) is 4.90 Å². The van der Waals surface area contributed by atoms with Gasteiger partial charge in [0.25, 0.3) is 0 Å². The molecule has 2 rings (SSSR count). The number of halogens is 2. The summed E-state index contributed by atoms with van der Waals surface area (Å²) in [4.78, 5) is 14.3. The van der Waals surface area contributed by atoms with Crippen LogP contribution in [-0.2, 0) is 0 Å². The van der Waals surface area contributed by atoms with Gasteiger partial charge in [0.2, 0.25) is 0 Å². The molecule has 0 aliphatic heterocycles. The van der Waals surface area contributed by atoms with Gasteiger partial charge in [0.15, 0.2) is 4.34 Å². The Morgan fingerprint density at radius 3 is 2.44 bits per heavy atom. The molecule has 1 heterocycles. The number of carbonyl (C=O) groups is 1. The highest BCUT2D eigenvalue weighted by Crippen LogP contribution is 2.33. The first-order chi connectivity index (χ1) is 8.47. The number of carboxylic acids is 1. The second-order valence-electron chi connectivity index (χ2n) is 3.28. The van der Waals surface area contributed by atoms with Crippen LogP contribution in [0.4, 0.5) is 8.78 Å². The average molecular weight is 288 g/mol. The summed E-state index contributed by atoms with van der Waals surface area (Å²) in [5.41, 5.74) is -0.428. The summed E-state index contributed by atoms with van der Waals surface area (Å²) in [6.45, 7) is 1.67. The van der Waals surface area contributed by atoms with E-state index in [1.54, 1.807) is 6.92 Å². The van der Waals surface area contributed by atoms with Crippen molar-refractivity contribution in [1.82, 2.24) is 9.36 Å². The van der Waals surface area contributed by atoms with E-state index in [1.165, 1.54) is 0 Å². The molecule has 0 amide bonds. The van der Waals surface area contributed by atoms with Crippen molar-refractivity contribution < 1.29 is 18.7 Å². The molecular weight excluding hydrogens is 282 g/mol. The number of aryl methyl sites for hydroxylation is 1. The van der Waals surface area contributed by atoms with Crippen molar-refractivity contribution in [1.29, 1.82) is 0 Å². The zero-order chi connectivity index (χ0) is 13.3. The van der Waals surface area contributed by atoms with Gasteiger partial charge >= 0.3 is 5.97 Å². The molecule has 0 fully saturated rings. The summed E-state index contributed by atoms with van der Waals surface area (Å²) in [6, 6.07) is 1.56. The smallest absolute Gasteiger partial charge is 0.335 e. The Kier molecular flexibility index (Phi) is 3.58. The van der Waals surface area contributed by atoms with E-state index in [9.17, 15) is 13.6 Å². The van der Waals surface area contributed by atoms with E-state index in [0.29, 0.717) is 10.2 Å². The van der Waals surface area contributed by atoms with Gasteiger partial charge in [0, 0.05) is 0 Å². The summed E-state index contributed by atoms with van der Waals surface area (Å²) < 4.78 is 31.5. The minimum absolute atomic E-state index is 0.281. The van der Waals surface area contributed by atoms with Crippen molar-refractivity contribution in [2.45, 2.75) is 16.2 Å². The molecule has 0 bridgehead atoms. The average Bonchev–Trinajstić information content (AvgIpc) is 2.69. The maximum absolute atomic E-state index is 13.6. The maximum Gasteiger partial charge on any atom is 0.335 e. The summed E-state index contributed by atoms with van der Waals surface area (Å²) in [5.74, 6) is -2.71.